The van der Waals surface area contributed by atoms with Crippen LogP contribution in [0.2, 0.25) is 0 Å². The molecule has 20 heavy (non-hydrogen) atoms. The van der Waals surface area contributed by atoms with Gasteiger partial charge in [-0.25, -0.2) is 0 Å². The second-order valence-electron chi connectivity index (χ2n) is 6.47. The molecule has 2 saturated heterocycles. The number of methoxy groups -OCH3 is 1. The highest BCUT2D eigenvalue weighted by Gasteiger charge is 2.36. The van der Waals surface area contributed by atoms with Crippen LogP contribution in [0.3, 0.4) is 0 Å². The summed E-state index contributed by atoms with van der Waals surface area (Å²) in [6.07, 6.45) is 3.64. The molecule has 2 aliphatic rings. The standard InChI is InChI=1S/C17H25NO2/c1-17(7-10-20-11-8-17)13-18-9-6-16(18)14-4-3-5-15(12-14)19-2/h3-5,12,16H,6-11,13H2,1-2H3/t16-/m0/s1. The lowest BCUT2D eigenvalue weighted by molar-refractivity contribution is -0.0251. The highest BCUT2D eigenvalue weighted by Crippen LogP contribution is 2.39. The molecule has 1 aromatic rings. The number of hydrogen-bond donors (Lipinski definition) is 0. The molecule has 2 fully saturated rings. The average Bonchev–Trinajstić information content (AvgIpc) is 2.45. The summed E-state index contributed by atoms with van der Waals surface area (Å²) in [7, 11) is 1.74. The van der Waals surface area contributed by atoms with Crippen LogP contribution in [0.25, 0.3) is 0 Å². The molecule has 0 aliphatic carbocycles. The minimum atomic E-state index is 0.426. The molecule has 0 spiro atoms. The summed E-state index contributed by atoms with van der Waals surface area (Å²) in [4.78, 5) is 2.63. The Kier molecular flexibility index (Phi) is 3.99. The third-order valence-electron chi connectivity index (χ3n) is 4.89. The Balaban J connectivity index is 1.66. The highest BCUT2D eigenvalue weighted by molar-refractivity contribution is 5.31. The molecule has 0 amide bonds. The number of nitrogens with zero attached hydrogens (tertiary/aromatic N) is 1. The summed E-state index contributed by atoms with van der Waals surface area (Å²) in [6, 6.07) is 9.10. The Morgan fingerprint density at radius 3 is 2.80 bits per heavy atom. The maximum atomic E-state index is 5.50. The predicted molar refractivity (Wildman–Crippen MR) is 80.1 cm³/mol. The van der Waals surface area contributed by atoms with Crippen LogP contribution in [0.5, 0.6) is 5.75 Å². The van der Waals surface area contributed by atoms with Crippen molar-refractivity contribution in [2.75, 3.05) is 33.4 Å². The van der Waals surface area contributed by atoms with Crippen LogP contribution < -0.4 is 4.74 Å². The molecule has 3 nitrogen and oxygen atoms in total. The van der Waals surface area contributed by atoms with E-state index in [2.05, 4.69) is 30.0 Å². The van der Waals surface area contributed by atoms with Crippen LogP contribution in [0.4, 0.5) is 0 Å². The molecule has 2 heterocycles. The van der Waals surface area contributed by atoms with Crippen molar-refractivity contribution < 1.29 is 9.47 Å². The lowest BCUT2D eigenvalue weighted by Gasteiger charge is -2.47. The molecule has 1 aromatic carbocycles. The SMILES string of the molecule is COc1cccc([C@@H]2CCN2CC2(C)CCOCC2)c1. The summed E-state index contributed by atoms with van der Waals surface area (Å²) < 4.78 is 10.8. The zero-order valence-corrected chi connectivity index (χ0v) is 12.6. The van der Waals surface area contributed by atoms with Gasteiger partial charge < -0.3 is 9.47 Å². The van der Waals surface area contributed by atoms with Crippen molar-refractivity contribution in [1.29, 1.82) is 0 Å². The predicted octanol–water partition coefficient (Wildman–Crippen LogP) is 3.26. The van der Waals surface area contributed by atoms with E-state index in [1.807, 2.05) is 6.07 Å². The van der Waals surface area contributed by atoms with Gasteiger partial charge in [0.1, 0.15) is 5.75 Å². The molecule has 1 atom stereocenters. The van der Waals surface area contributed by atoms with Gasteiger partial charge >= 0.3 is 0 Å². The van der Waals surface area contributed by atoms with Gasteiger partial charge in [0.15, 0.2) is 0 Å². The molecule has 3 rings (SSSR count). The van der Waals surface area contributed by atoms with E-state index in [4.69, 9.17) is 9.47 Å². The molecule has 0 unspecified atom stereocenters. The fraction of sp³-hybridized carbons (Fsp3) is 0.647. The van der Waals surface area contributed by atoms with Crippen molar-refractivity contribution >= 4 is 0 Å². The Morgan fingerprint density at radius 2 is 2.15 bits per heavy atom. The fourth-order valence-electron chi connectivity index (χ4n) is 3.37. The molecule has 0 N–H and O–H groups in total. The average molecular weight is 275 g/mol. The van der Waals surface area contributed by atoms with E-state index in [0.717, 1.165) is 19.0 Å². The lowest BCUT2D eigenvalue weighted by atomic mass is 9.80. The molecule has 0 saturated carbocycles. The monoisotopic (exact) mass is 275 g/mol. The first kappa shape index (κ1) is 13.9. The zero-order valence-electron chi connectivity index (χ0n) is 12.6. The fourth-order valence-corrected chi connectivity index (χ4v) is 3.37. The third-order valence-corrected chi connectivity index (χ3v) is 4.89. The van der Waals surface area contributed by atoms with Gasteiger partial charge in [-0.15, -0.1) is 0 Å². The summed E-state index contributed by atoms with van der Waals surface area (Å²) >= 11 is 0. The smallest absolute Gasteiger partial charge is 0.119 e. The Morgan fingerprint density at radius 1 is 1.35 bits per heavy atom. The van der Waals surface area contributed by atoms with Gasteiger partial charge in [0.2, 0.25) is 0 Å². The lowest BCUT2D eigenvalue weighted by Crippen LogP contribution is -2.48. The van der Waals surface area contributed by atoms with Crippen molar-refractivity contribution in [2.45, 2.75) is 32.2 Å². The van der Waals surface area contributed by atoms with Gasteiger partial charge in [-0.1, -0.05) is 19.1 Å². The molecule has 0 aromatic heterocycles. The van der Waals surface area contributed by atoms with E-state index >= 15 is 0 Å². The van der Waals surface area contributed by atoms with Crippen LogP contribution in [0.1, 0.15) is 37.8 Å². The van der Waals surface area contributed by atoms with Crippen LogP contribution in [0, 0.1) is 5.41 Å². The van der Waals surface area contributed by atoms with Crippen molar-refractivity contribution in [2.24, 2.45) is 5.41 Å². The van der Waals surface area contributed by atoms with Gasteiger partial charge in [0, 0.05) is 32.3 Å². The van der Waals surface area contributed by atoms with Crippen molar-refractivity contribution in [3.8, 4) is 5.75 Å². The van der Waals surface area contributed by atoms with Crippen molar-refractivity contribution in [3.63, 3.8) is 0 Å². The number of rotatable bonds is 4. The molecule has 0 bridgehead atoms. The van der Waals surface area contributed by atoms with Gasteiger partial charge in [0.05, 0.1) is 7.11 Å². The Bertz CT molecular complexity index is 454. The molecular weight excluding hydrogens is 250 g/mol. The van der Waals surface area contributed by atoms with Crippen molar-refractivity contribution in [3.05, 3.63) is 29.8 Å². The van der Waals surface area contributed by atoms with E-state index < -0.39 is 0 Å². The van der Waals surface area contributed by atoms with Gasteiger partial charge in [-0.3, -0.25) is 4.90 Å². The largest absolute Gasteiger partial charge is 0.497 e. The number of ether oxygens (including phenoxy) is 2. The molecule has 110 valence electrons. The van der Waals surface area contributed by atoms with Gasteiger partial charge in [0.25, 0.3) is 0 Å². The van der Waals surface area contributed by atoms with E-state index in [1.54, 1.807) is 7.11 Å². The number of hydrogen-bond acceptors (Lipinski definition) is 3. The molecule has 2 aliphatic heterocycles. The first-order chi connectivity index (χ1) is 9.70. The maximum Gasteiger partial charge on any atom is 0.119 e. The molecular formula is C17H25NO2. The van der Waals surface area contributed by atoms with Crippen LogP contribution in [-0.2, 0) is 4.74 Å². The molecule has 3 heteroatoms. The minimum absolute atomic E-state index is 0.426. The summed E-state index contributed by atoms with van der Waals surface area (Å²) in [5.74, 6) is 0.964. The third kappa shape index (κ3) is 2.84. The zero-order chi connectivity index (χ0) is 14.0. The topological polar surface area (TPSA) is 21.7 Å². The van der Waals surface area contributed by atoms with Crippen LogP contribution in [-0.4, -0.2) is 38.3 Å². The summed E-state index contributed by atoms with van der Waals surface area (Å²) in [6.45, 7) is 6.68. The van der Waals surface area contributed by atoms with E-state index in [9.17, 15) is 0 Å². The highest BCUT2D eigenvalue weighted by atomic mass is 16.5. The first-order valence-corrected chi connectivity index (χ1v) is 7.66. The number of benzene rings is 1. The van der Waals surface area contributed by atoms with E-state index in [0.29, 0.717) is 11.5 Å². The minimum Gasteiger partial charge on any atom is -0.497 e. The second kappa shape index (κ2) is 5.74. The summed E-state index contributed by atoms with van der Waals surface area (Å²) in [5, 5.41) is 0. The van der Waals surface area contributed by atoms with E-state index in [1.165, 1.54) is 37.9 Å². The Hall–Kier alpha value is -1.06. The van der Waals surface area contributed by atoms with Crippen LogP contribution >= 0.6 is 0 Å². The van der Waals surface area contributed by atoms with Gasteiger partial charge in [-0.05, 0) is 42.4 Å². The molecule has 0 radical (unpaired) electrons. The van der Waals surface area contributed by atoms with Crippen LogP contribution in [0.15, 0.2) is 24.3 Å². The second-order valence-corrected chi connectivity index (χ2v) is 6.47. The normalized spacial score (nSPS) is 26.0. The first-order valence-electron chi connectivity index (χ1n) is 7.66. The number of likely N-dealkylation sites (tertiary alicyclic amines) is 1. The van der Waals surface area contributed by atoms with Crippen molar-refractivity contribution in [1.82, 2.24) is 4.90 Å². The maximum absolute atomic E-state index is 5.50. The summed E-state index contributed by atoms with van der Waals surface area (Å²) in [5.41, 5.74) is 1.82. The van der Waals surface area contributed by atoms with Gasteiger partial charge in [-0.2, -0.15) is 0 Å². The quantitative estimate of drug-likeness (QED) is 0.842. The van der Waals surface area contributed by atoms with E-state index in [-0.39, 0.29) is 0 Å². The Labute approximate surface area is 121 Å².